The molecule has 0 amide bonds. The van der Waals surface area contributed by atoms with E-state index in [4.69, 9.17) is 42.2 Å². The van der Waals surface area contributed by atoms with Gasteiger partial charge in [0.05, 0.1) is 13.2 Å². The van der Waals surface area contributed by atoms with Crippen molar-refractivity contribution in [2.24, 2.45) is 0 Å². The molecule has 0 aromatic carbocycles. The quantitative estimate of drug-likeness (QED) is 0.0117. The van der Waals surface area contributed by atoms with Crippen LogP contribution in [0.1, 0.15) is 310 Å². The smallest absolute Gasteiger partial charge is 0.463 e. The van der Waals surface area contributed by atoms with E-state index in [-0.39, 0.29) is 19.3 Å². The zero-order chi connectivity index (χ0) is 71.1. The number of esters is 3. The molecule has 3 rings (SSSR count). The number of hydrogen-bond acceptors (Lipinski definition) is 23. The second kappa shape index (κ2) is 54.6. The Labute approximate surface area is 580 Å². The molecule has 2 heterocycles. The Morgan fingerprint density at radius 2 is 0.660 bits per heavy atom. The van der Waals surface area contributed by atoms with Gasteiger partial charge in [-0.05, 0) is 19.3 Å². The van der Waals surface area contributed by atoms with E-state index in [1.807, 2.05) is 0 Å². The van der Waals surface area contributed by atoms with Crippen LogP contribution in [0.15, 0.2) is 0 Å². The van der Waals surface area contributed by atoms with Crippen LogP contribution in [0.3, 0.4) is 0 Å². The van der Waals surface area contributed by atoms with Gasteiger partial charge in [-0.2, -0.15) is 0 Å². The molecular formula is C72H135O24P. The molecule has 2 aliphatic heterocycles. The molecule has 11 N–H and O–H groups in total. The molecular weight excluding hydrogens is 1280 g/mol. The number of carbonyl (C=O) groups is 3. The molecule has 18 unspecified atom stereocenters. The summed E-state index contributed by atoms with van der Waals surface area (Å²) in [6.45, 7) is 3.47. The minimum absolute atomic E-state index is 0.0330. The number of ether oxygens (including phenoxy) is 7. The first-order chi connectivity index (χ1) is 46.8. The van der Waals surface area contributed by atoms with Gasteiger partial charge in [-0.15, -0.1) is 0 Å². The summed E-state index contributed by atoms with van der Waals surface area (Å²) in [6, 6.07) is 0. The maximum Gasteiger partial charge on any atom is 0.472 e. The zero-order valence-electron chi connectivity index (χ0n) is 59.6. The van der Waals surface area contributed by atoms with E-state index in [0.29, 0.717) is 19.3 Å². The third kappa shape index (κ3) is 37.8. The van der Waals surface area contributed by atoms with Crippen molar-refractivity contribution in [3.63, 3.8) is 0 Å². The van der Waals surface area contributed by atoms with Crippen LogP contribution in [0.25, 0.3) is 0 Å². The summed E-state index contributed by atoms with van der Waals surface area (Å²) in [5.41, 5.74) is 0. The normalized spacial score (nSPS) is 27.7. The summed E-state index contributed by atoms with van der Waals surface area (Å²) >= 11 is 0. The van der Waals surface area contributed by atoms with Crippen LogP contribution in [0, 0.1) is 0 Å². The standard InChI is InChI=1S/C72H135O24P/c1-4-7-10-13-16-19-22-25-27-28-30-32-35-37-40-43-46-56(74)88-50-53(91-58(76)48-45-42-39-36-33-29-26-23-20-17-14-11-8-5-2)51-90-97(86,87)96-70-68(94-71-66(84)61(79)59(77)54(49-73)92-71)64(82)63(81)65(83)69(70)95-72-67(85)62(80)60(78)55(93-72)52-89-57(75)47-44-41-38-34-31-24-21-18-15-12-9-6-3/h53-55,59-73,77-85H,4-52H2,1-3H3,(H,86,87). The molecule has 3 fully saturated rings. The first-order valence-electron chi connectivity index (χ1n) is 38.3. The lowest BCUT2D eigenvalue weighted by molar-refractivity contribution is -0.360. The summed E-state index contributed by atoms with van der Waals surface area (Å²) in [5, 5.41) is 110. The highest BCUT2D eigenvalue weighted by Crippen LogP contribution is 2.49. The molecule has 97 heavy (non-hydrogen) atoms. The number of unbranched alkanes of at least 4 members (excludes halogenated alkanes) is 39. The molecule has 1 saturated carbocycles. The zero-order valence-corrected chi connectivity index (χ0v) is 60.5. The van der Waals surface area contributed by atoms with Crippen LogP contribution >= 0.6 is 7.82 Å². The molecule has 572 valence electrons. The van der Waals surface area contributed by atoms with Gasteiger partial charge in [-0.3, -0.25) is 23.4 Å². The molecule has 0 spiro atoms. The van der Waals surface area contributed by atoms with E-state index in [1.54, 1.807) is 0 Å². The minimum atomic E-state index is -5.69. The van der Waals surface area contributed by atoms with Crippen molar-refractivity contribution in [1.29, 1.82) is 0 Å². The third-order valence-corrected chi connectivity index (χ3v) is 20.1. The predicted molar refractivity (Wildman–Crippen MR) is 365 cm³/mol. The highest BCUT2D eigenvalue weighted by molar-refractivity contribution is 7.47. The maximum absolute atomic E-state index is 14.3. The van der Waals surface area contributed by atoms with Crippen LogP contribution in [-0.4, -0.2) is 204 Å². The monoisotopic (exact) mass is 1410 g/mol. The first kappa shape index (κ1) is 89.2. The van der Waals surface area contributed by atoms with Crippen molar-refractivity contribution in [2.75, 3.05) is 26.4 Å². The molecule has 1 aliphatic carbocycles. The number of aliphatic hydroxyl groups is 10. The van der Waals surface area contributed by atoms with Crippen molar-refractivity contribution in [3.05, 3.63) is 0 Å². The minimum Gasteiger partial charge on any atom is -0.463 e. The van der Waals surface area contributed by atoms with Gasteiger partial charge in [-0.25, -0.2) is 4.57 Å². The van der Waals surface area contributed by atoms with Crippen LogP contribution in [0.5, 0.6) is 0 Å². The van der Waals surface area contributed by atoms with Gasteiger partial charge in [0.25, 0.3) is 0 Å². The largest absolute Gasteiger partial charge is 0.472 e. The van der Waals surface area contributed by atoms with Crippen molar-refractivity contribution in [1.82, 2.24) is 0 Å². The van der Waals surface area contributed by atoms with Crippen molar-refractivity contribution < 1.29 is 117 Å². The van der Waals surface area contributed by atoms with Crippen molar-refractivity contribution in [3.8, 4) is 0 Å². The van der Waals surface area contributed by atoms with Gasteiger partial charge in [-0.1, -0.05) is 271 Å². The summed E-state index contributed by atoms with van der Waals surface area (Å²) in [7, 11) is -5.69. The SMILES string of the molecule is CCCCCCCCCCCCCCCCCCC(=O)OCC(COP(=O)(O)OC1C(OC2OC(CO)C(O)C(O)C2O)C(O)C(O)C(O)C1OC1OC(COC(=O)CCCCCCCCCCCCCC)C(O)C(O)C1O)OC(=O)CCCCCCCCCCCCCCCC. The lowest BCUT2D eigenvalue weighted by Crippen LogP contribution is -2.69. The van der Waals surface area contributed by atoms with Crippen molar-refractivity contribution >= 4 is 25.7 Å². The summed E-state index contributed by atoms with van der Waals surface area (Å²) in [6.07, 6.45) is 11.7. The number of carbonyl (C=O) groups excluding carboxylic acids is 3. The fourth-order valence-electron chi connectivity index (χ4n) is 12.9. The molecule has 0 radical (unpaired) electrons. The second-order valence-electron chi connectivity index (χ2n) is 27.7. The summed E-state index contributed by atoms with van der Waals surface area (Å²) < 4.78 is 65.0. The van der Waals surface area contributed by atoms with Gasteiger partial charge in [0.2, 0.25) is 0 Å². The van der Waals surface area contributed by atoms with E-state index >= 15 is 0 Å². The van der Waals surface area contributed by atoms with Gasteiger partial charge >= 0.3 is 25.7 Å². The molecule has 25 heteroatoms. The van der Waals surface area contributed by atoms with Gasteiger partial charge < -0.3 is 89.1 Å². The van der Waals surface area contributed by atoms with E-state index in [0.717, 1.165) is 89.9 Å². The van der Waals surface area contributed by atoms with Gasteiger partial charge in [0.1, 0.15) is 98.7 Å². The van der Waals surface area contributed by atoms with Crippen LogP contribution in [0.4, 0.5) is 0 Å². The van der Waals surface area contributed by atoms with Crippen LogP contribution < -0.4 is 0 Å². The lowest BCUT2D eigenvalue weighted by Gasteiger charge is -2.49. The van der Waals surface area contributed by atoms with E-state index in [1.165, 1.54) is 161 Å². The predicted octanol–water partition coefficient (Wildman–Crippen LogP) is 10.6. The van der Waals surface area contributed by atoms with Gasteiger partial charge in [0.15, 0.2) is 18.7 Å². The Hall–Kier alpha value is -2.04. The van der Waals surface area contributed by atoms with E-state index < -0.39 is 156 Å². The fourth-order valence-corrected chi connectivity index (χ4v) is 13.8. The lowest BCUT2D eigenvalue weighted by atomic mass is 9.84. The number of aliphatic hydroxyl groups excluding tert-OH is 10. The fraction of sp³-hybridized carbons (Fsp3) is 0.958. The maximum atomic E-state index is 14.3. The Balaban J connectivity index is 1.73. The highest BCUT2D eigenvalue weighted by Gasteiger charge is 2.58. The molecule has 3 aliphatic rings. The molecule has 2 saturated heterocycles. The van der Waals surface area contributed by atoms with Gasteiger partial charge in [0, 0.05) is 19.3 Å². The Morgan fingerprint density at radius 1 is 0.361 bits per heavy atom. The Morgan fingerprint density at radius 3 is 1.01 bits per heavy atom. The molecule has 0 aromatic heterocycles. The second-order valence-corrected chi connectivity index (χ2v) is 29.1. The Bertz CT molecular complexity index is 2010. The average Bonchev–Trinajstić information content (AvgIpc) is 0.763. The molecule has 24 nitrogen and oxygen atoms in total. The topological polar surface area (TPSA) is 374 Å². The number of phosphoric acid groups is 1. The number of phosphoric ester groups is 1. The van der Waals surface area contributed by atoms with E-state index in [2.05, 4.69) is 20.8 Å². The van der Waals surface area contributed by atoms with Crippen LogP contribution in [-0.2, 0) is 61.2 Å². The first-order valence-corrected chi connectivity index (χ1v) is 39.8. The Kier molecular flexibility index (Phi) is 50.2. The summed E-state index contributed by atoms with van der Waals surface area (Å²) in [4.78, 5) is 51.0. The van der Waals surface area contributed by atoms with E-state index in [9.17, 15) is 74.9 Å². The molecule has 18 atom stereocenters. The highest BCUT2D eigenvalue weighted by atomic mass is 31.2. The third-order valence-electron chi connectivity index (χ3n) is 19.1. The number of hydrogen-bond donors (Lipinski definition) is 11. The van der Waals surface area contributed by atoms with Crippen molar-refractivity contribution in [2.45, 2.75) is 414 Å². The molecule has 0 aromatic rings. The summed E-state index contributed by atoms with van der Waals surface area (Å²) in [5.74, 6) is -1.97. The van der Waals surface area contributed by atoms with Crippen LogP contribution in [0.2, 0.25) is 0 Å². The molecule has 0 bridgehead atoms. The number of rotatable bonds is 60. The average molecular weight is 1420 g/mol.